The molecular weight excluding hydrogens is 310 g/mol. The van der Waals surface area contributed by atoms with E-state index in [1.165, 1.54) is 11.8 Å². The molecule has 0 N–H and O–H groups in total. The number of imidazole rings is 1. The second-order valence-corrected chi connectivity index (χ2v) is 5.87. The van der Waals surface area contributed by atoms with Crippen LogP contribution in [-0.2, 0) is 11.8 Å². The molecule has 23 heavy (non-hydrogen) atoms. The molecule has 1 amide bonds. The summed E-state index contributed by atoms with van der Waals surface area (Å²) in [4.78, 5) is 18.4. The third-order valence-electron chi connectivity index (χ3n) is 3.41. The molecule has 1 aromatic carbocycles. The molecule has 1 aromatic heterocycles. The lowest BCUT2D eigenvalue weighted by atomic mass is 10.3. The van der Waals surface area contributed by atoms with Crippen molar-refractivity contribution in [1.29, 1.82) is 10.5 Å². The van der Waals surface area contributed by atoms with Crippen molar-refractivity contribution in [3.05, 3.63) is 24.3 Å². The van der Waals surface area contributed by atoms with E-state index < -0.39 is 0 Å². The number of carbonyl (C=O) groups is 1. The summed E-state index contributed by atoms with van der Waals surface area (Å²) in [6.45, 7) is 0.722. The Morgan fingerprint density at radius 3 is 2.52 bits per heavy atom. The first kappa shape index (κ1) is 16.9. The lowest BCUT2D eigenvalue weighted by molar-refractivity contribution is -0.128. The number of carbonyl (C=O) groups excluding carboxylic acids is 1. The van der Waals surface area contributed by atoms with Gasteiger partial charge in [0.05, 0.1) is 41.8 Å². The molecule has 0 radical (unpaired) electrons. The van der Waals surface area contributed by atoms with Gasteiger partial charge >= 0.3 is 0 Å². The first-order valence-corrected chi connectivity index (χ1v) is 8.22. The van der Waals surface area contributed by atoms with Crippen LogP contribution in [0.2, 0.25) is 0 Å². The van der Waals surface area contributed by atoms with Gasteiger partial charge < -0.3 is 9.47 Å². The molecular formula is C16H17N5OS. The fourth-order valence-corrected chi connectivity index (χ4v) is 3.09. The average Bonchev–Trinajstić information content (AvgIpc) is 2.89. The maximum Gasteiger partial charge on any atom is 0.233 e. The number of nitrogens with zero attached hydrogens (tertiary/aromatic N) is 5. The van der Waals surface area contributed by atoms with Crippen molar-refractivity contribution in [3.8, 4) is 12.1 Å². The fourth-order valence-electron chi connectivity index (χ4n) is 2.20. The van der Waals surface area contributed by atoms with Crippen molar-refractivity contribution < 1.29 is 4.79 Å². The first-order valence-electron chi connectivity index (χ1n) is 7.23. The summed E-state index contributed by atoms with van der Waals surface area (Å²) in [5.74, 6) is 0.168. The van der Waals surface area contributed by atoms with Gasteiger partial charge in [-0.15, -0.1) is 0 Å². The summed E-state index contributed by atoms with van der Waals surface area (Å²) < 4.78 is 1.96. The van der Waals surface area contributed by atoms with Gasteiger partial charge in [-0.1, -0.05) is 23.9 Å². The predicted molar refractivity (Wildman–Crippen MR) is 88.5 cm³/mol. The molecule has 7 heteroatoms. The maximum absolute atomic E-state index is 12.3. The van der Waals surface area contributed by atoms with Crippen molar-refractivity contribution >= 4 is 28.7 Å². The van der Waals surface area contributed by atoms with Crippen LogP contribution in [0.1, 0.15) is 12.8 Å². The second-order valence-electron chi connectivity index (χ2n) is 4.93. The van der Waals surface area contributed by atoms with Crippen molar-refractivity contribution in [2.24, 2.45) is 7.05 Å². The molecule has 1 heterocycles. The molecule has 0 saturated heterocycles. The largest absolute Gasteiger partial charge is 0.340 e. The molecule has 6 nitrogen and oxygen atoms in total. The number of aromatic nitrogens is 2. The summed E-state index contributed by atoms with van der Waals surface area (Å²) in [7, 11) is 1.92. The molecule has 0 aliphatic carbocycles. The minimum atomic E-state index is -0.0763. The Morgan fingerprint density at radius 1 is 1.26 bits per heavy atom. The van der Waals surface area contributed by atoms with Crippen LogP contribution in [-0.4, -0.2) is 39.2 Å². The smallest absolute Gasteiger partial charge is 0.233 e. The van der Waals surface area contributed by atoms with Gasteiger partial charge in [-0.25, -0.2) is 4.98 Å². The van der Waals surface area contributed by atoms with E-state index >= 15 is 0 Å². The molecule has 0 saturated carbocycles. The number of aryl methyl sites for hydroxylation is 1. The van der Waals surface area contributed by atoms with E-state index in [0.29, 0.717) is 13.1 Å². The molecule has 0 spiro atoms. The Hall–Kier alpha value is -2.51. The molecule has 0 aliphatic heterocycles. The minimum Gasteiger partial charge on any atom is -0.340 e. The standard InChI is InChI=1S/C16H17N5OS/c1-20-14-7-3-2-6-13(14)19-16(20)23-12-15(22)21(10-4-8-17)11-5-9-18/h2-3,6-7H,4-5,10-12H2,1H3. The van der Waals surface area contributed by atoms with Gasteiger partial charge in [0.15, 0.2) is 5.16 Å². The van der Waals surface area contributed by atoms with E-state index in [2.05, 4.69) is 4.98 Å². The second kappa shape index (κ2) is 8.21. The van der Waals surface area contributed by atoms with Crippen molar-refractivity contribution in [2.45, 2.75) is 18.0 Å². The van der Waals surface area contributed by atoms with E-state index in [9.17, 15) is 4.79 Å². The zero-order valence-corrected chi connectivity index (χ0v) is 13.7. The highest BCUT2D eigenvalue weighted by Crippen LogP contribution is 2.22. The van der Waals surface area contributed by atoms with E-state index in [0.717, 1.165) is 16.2 Å². The number of hydrogen-bond donors (Lipinski definition) is 0. The highest BCUT2D eigenvalue weighted by Gasteiger charge is 2.15. The van der Waals surface area contributed by atoms with Gasteiger partial charge in [-0.2, -0.15) is 10.5 Å². The van der Waals surface area contributed by atoms with Gasteiger partial charge in [0.2, 0.25) is 5.91 Å². The van der Waals surface area contributed by atoms with Crippen LogP contribution in [0.25, 0.3) is 11.0 Å². The lowest BCUT2D eigenvalue weighted by Gasteiger charge is -2.19. The zero-order valence-electron chi connectivity index (χ0n) is 12.9. The van der Waals surface area contributed by atoms with Crippen LogP contribution in [0.5, 0.6) is 0 Å². The van der Waals surface area contributed by atoms with Crippen molar-refractivity contribution in [1.82, 2.24) is 14.5 Å². The molecule has 118 valence electrons. The maximum atomic E-state index is 12.3. The molecule has 0 atom stereocenters. The van der Waals surface area contributed by atoms with Gasteiger partial charge in [0, 0.05) is 20.1 Å². The fraction of sp³-hybridized carbons (Fsp3) is 0.375. The Bertz CT molecular complexity index is 753. The van der Waals surface area contributed by atoms with Crippen molar-refractivity contribution in [2.75, 3.05) is 18.8 Å². The van der Waals surface area contributed by atoms with Gasteiger partial charge in [0.1, 0.15) is 0 Å². The molecule has 2 rings (SSSR count). The summed E-state index contributed by atoms with van der Waals surface area (Å²) >= 11 is 1.37. The molecule has 0 aliphatic rings. The third-order valence-corrected chi connectivity index (χ3v) is 4.43. The lowest BCUT2D eigenvalue weighted by Crippen LogP contribution is -2.34. The Morgan fingerprint density at radius 2 is 1.91 bits per heavy atom. The highest BCUT2D eigenvalue weighted by atomic mass is 32.2. The number of thioether (sulfide) groups is 1. The van der Waals surface area contributed by atoms with Crippen LogP contribution in [0.4, 0.5) is 0 Å². The predicted octanol–water partition coefficient (Wildman–Crippen LogP) is 2.32. The number of amides is 1. The minimum absolute atomic E-state index is 0.0763. The number of hydrogen-bond acceptors (Lipinski definition) is 5. The van der Waals surface area contributed by atoms with Gasteiger partial charge in [-0.3, -0.25) is 4.79 Å². The Kier molecular flexibility index (Phi) is 6.02. The molecule has 0 unspecified atom stereocenters. The van der Waals surface area contributed by atoms with Crippen LogP contribution < -0.4 is 0 Å². The summed E-state index contributed by atoms with van der Waals surface area (Å²) in [5, 5.41) is 18.1. The van der Waals surface area contributed by atoms with E-state index in [-0.39, 0.29) is 24.5 Å². The van der Waals surface area contributed by atoms with E-state index in [1.54, 1.807) is 4.90 Å². The normalized spacial score (nSPS) is 10.2. The average molecular weight is 327 g/mol. The van der Waals surface area contributed by atoms with Crippen LogP contribution >= 0.6 is 11.8 Å². The number of nitriles is 2. The van der Waals surface area contributed by atoms with Crippen molar-refractivity contribution in [3.63, 3.8) is 0 Å². The number of para-hydroxylation sites is 2. The Labute approximate surface area is 139 Å². The monoisotopic (exact) mass is 327 g/mol. The third kappa shape index (κ3) is 4.24. The van der Waals surface area contributed by atoms with E-state index in [1.807, 2.05) is 48.0 Å². The number of fused-ring (bicyclic) bond motifs is 1. The first-order chi connectivity index (χ1) is 11.2. The van der Waals surface area contributed by atoms with Gasteiger partial charge in [-0.05, 0) is 12.1 Å². The SMILES string of the molecule is Cn1c(SCC(=O)N(CCC#N)CCC#N)nc2ccccc21. The summed E-state index contributed by atoms with van der Waals surface area (Å²) in [5.41, 5.74) is 1.92. The number of benzene rings is 1. The highest BCUT2D eigenvalue weighted by molar-refractivity contribution is 7.99. The molecule has 0 fully saturated rings. The summed E-state index contributed by atoms with van der Waals surface area (Å²) in [6, 6.07) is 11.9. The Balaban J connectivity index is 2.02. The van der Waals surface area contributed by atoms with Crippen LogP contribution in [0.15, 0.2) is 29.4 Å². The zero-order chi connectivity index (χ0) is 16.7. The van der Waals surface area contributed by atoms with Gasteiger partial charge in [0.25, 0.3) is 0 Å². The van der Waals surface area contributed by atoms with E-state index in [4.69, 9.17) is 10.5 Å². The molecule has 2 aromatic rings. The molecule has 0 bridgehead atoms. The topological polar surface area (TPSA) is 85.7 Å². The number of rotatable bonds is 7. The van der Waals surface area contributed by atoms with Crippen LogP contribution in [0.3, 0.4) is 0 Å². The summed E-state index contributed by atoms with van der Waals surface area (Å²) in [6.07, 6.45) is 0.544. The quantitative estimate of drug-likeness (QED) is 0.729. The van der Waals surface area contributed by atoms with Crippen LogP contribution in [0, 0.1) is 22.7 Å².